The smallest absolute Gasteiger partial charge is 0.251 e. The Morgan fingerprint density at radius 2 is 2.00 bits per heavy atom. The van der Waals surface area contributed by atoms with Gasteiger partial charge in [0.1, 0.15) is 5.60 Å². The molecule has 1 amide bonds. The van der Waals surface area contributed by atoms with E-state index in [0.29, 0.717) is 4.83 Å². The molecule has 21 heavy (non-hydrogen) atoms. The van der Waals surface area contributed by atoms with Crippen LogP contribution in [0.4, 0.5) is 5.69 Å². The molecular formula is C16H23BrN2O2. The molecule has 0 bridgehead atoms. The lowest BCUT2D eigenvalue weighted by Gasteiger charge is -2.32. The van der Waals surface area contributed by atoms with Crippen molar-refractivity contribution in [1.82, 2.24) is 5.32 Å². The van der Waals surface area contributed by atoms with Crippen LogP contribution in [0.1, 0.15) is 48.7 Å². The Kier molecular flexibility index (Phi) is 4.63. The number of hydrogen-bond donors (Lipinski definition) is 2. The number of rotatable bonds is 3. The van der Waals surface area contributed by atoms with Crippen LogP contribution in [-0.4, -0.2) is 30.7 Å². The maximum absolute atomic E-state index is 12.0. The molecule has 0 saturated carbocycles. The van der Waals surface area contributed by atoms with Crippen molar-refractivity contribution in [2.75, 3.05) is 19.0 Å². The van der Waals surface area contributed by atoms with Crippen LogP contribution in [0.2, 0.25) is 0 Å². The van der Waals surface area contributed by atoms with Crippen molar-refractivity contribution in [3.63, 3.8) is 0 Å². The highest BCUT2D eigenvalue weighted by Crippen LogP contribution is 2.42. The second-order valence-electron chi connectivity index (χ2n) is 6.34. The van der Waals surface area contributed by atoms with E-state index in [1.54, 1.807) is 0 Å². The fourth-order valence-electron chi connectivity index (χ4n) is 2.54. The highest BCUT2D eigenvalue weighted by atomic mass is 79.9. The molecule has 0 saturated heterocycles. The van der Waals surface area contributed by atoms with Gasteiger partial charge in [-0.3, -0.25) is 4.79 Å². The summed E-state index contributed by atoms with van der Waals surface area (Å²) < 4.78 is 0. The number of amides is 1. The summed E-state index contributed by atoms with van der Waals surface area (Å²) in [5.41, 5.74) is 2.14. The molecule has 5 heteroatoms. The number of alkyl halides is 1. The third kappa shape index (κ3) is 3.58. The molecule has 2 atom stereocenters. The summed E-state index contributed by atoms with van der Waals surface area (Å²) in [5.74, 6) is -0.330. The van der Waals surface area contributed by atoms with Crippen LogP contribution < -0.4 is 10.2 Å². The molecule has 4 nitrogen and oxygen atoms in total. The number of anilines is 1. The third-order valence-corrected chi connectivity index (χ3v) is 4.82. The van der Waals surface area contributed by atoms with Gasteiger partial charge in [-0.1, -0.05) is 22.0 Å². The lowest BCUT2D eigenvalue weighted by Crippen LogP contribution is -2.44. The van der Waals surface area contributed by atoms with E-state index >= 15 is 0 Å². The minimum absolute atomic E-state index is 0.0380. The van der Waals surface area contributed by atoms with Gasteiger partial charge in [-0.2, -0.15) is 0 Å². The Bertz CT molecular complexity index is 538. The molecule has 2 rings (SSSR count). The predicted molar refractivity (Wildman–Crippen MR) is 88.9 cm³/mol. The number of nitrogens with one attached hydrogen (secondary N) is 1. The number of benzene rings is 1. The fourth-order valence-corrected chi connectivity index (χ4v) is 3.20. The first-order chi connectivity index (χ1) is 9.70. The lowest BCUT2D eigenvalue weighted by molar-refractivity contribution is -0.137. The minimum atomic E-state index is -1.35. The average Bonchev–Trinajstić information content (AvgIpc) is 2.40. The molecule has 2 N–H and O–H groups in total. The van der Waals surface area contributed by atoms with Crippen LogP contribution in [-0.2, 0) is 4.79 Å². The zero-order chi connectivity index (χ0) is 15.8. The summed E-state index contributed by atoms with van der Waals surface area (Å²) in [6, 6.07) is 6.27. The van der Waals surface area contributed by atoms with E-state index < -0.39 is 5.60 Å². The Labute approximate surface area is 134 Å². The van der Waals surface area contributed by atoms with Crippen LogP contribution in [0, 0.1) is 0 Å². The number of aliphatic hydroxyl groups is 1. The Balaban J connectivity index is 2.30. The summed E-state index contributed by atoms with van der Waals surface area (Å²) in [4.78, 5) is 14.4. The molecule has 0 spiro atoms. The van der Waals surface area contributed by atoms with Gasteiger partial charge < -0.3 is 15.3 Å². The first kappa shape index (κ1) is 16.3. The van der Waals surface area contributed by atoms with Crippen molar-refractivity contribution in [2.45, 2.75) is 43.2 Å². The standard InChI is InChI=1S/C16H23BrN2O2/c1-16(2,21)15(20)18-14-8-7-13(17)12-9-10(19(3)4)5-6-11(12)14/h5-6,9,13-14,21H,7-8H2,1-4H3,(H,18,20). The van der Waals surface area contributed by atoms with Crippen LogP contribution in [0.25, 0.3) is 0 Å². The summed E-state index contributed by atoms with van der Waals surface area (Å²) in [6.07, 6.45) is 1.83. The zero-order valence-corrected chi connectivity index (χ0v) is 14.6. The molecule has 0 aromatic heterocycles. The van der Waals surface area contributed by atoms with E-state index in [4.69, 9.17) is 0 Å². The Morgan fingerprint density at radius 1 is 1.33 bits per heavy atom. The number of fused-ring (bicyclic) bond motifs is 1. The second-order valence-corrected chi connectivity index (χ2v) is 7.44. The first-order valence-corrected chi connectivity index (χ1v) is 8.10. The molecule has 1 aromatic rings. The first-order valence-electron chi connectivity index (χ1n) is 7.18. The normalized spacial score (nSPS) is 21.6. The van der Waals surface area contributed by atoms with E-state index in [0.717, 1.165) is 24.1 Å². The molecule has 116 valence electrons. The second kappa shape index (κ2) is 5.97. The van der Waals surface area contributed by atoms with Gasteiger partial charge in [-0.25, -0.2) is 0 Å². The molecule has 1 aliphatic rings. The molecule has 0 radical (unpaired) electrons. The van der Waals surface area contributed by atoms with Crippen molar-refractivity contribution in [2.24, 2.45) is 0 Å². The monoisotopic (exact) mass is 354 g/mol. The van der Waals surface area contributed by atoms with Gasteiger partial charge in [0.05, 0.1) is 6.04 Å². The Morgan fingerprint density at radius 3 is 2.57 bits per heavy atom. The molecule has 1 aromatic carbocycles. The number of halogens is 1. The van der Waals surface area contributed by atoms with Gasteiger partial charge in [-0.05, 0) is 49.9 Å². The van der Waals surface area contributed by atoms with Crippen LogP contribution in [0.5, 0.6) is 0 Å². The molecular weight excluding hydrogens is 332 g/mol. The topological polar surface area (TPSA) is 52.6 Å². The van der Waals surface area contributed by atoms with Gasteiger partial charge in [0, 0.05) is 24.6 Å². The van der Waals surface area contributed by atoms with Gasteiger partial charge in [-0.15, -0.1) is 0 Å². The number of hydrogen-bond acceptors (Lipinski definition) is 3. The molecule has 0 fully saturated rings. The maximum atomic E-state index is 12.0. The van der Waals surface area contributed by atoms with Gasteiger partial charge in [0.25, 0.3) is 5.91 Å². The predicted octanol–water partition coefficient (Wildman–Crippen LogP) is 2.91. The van der Waals surface area contributed by atoms with E-state index in [1.165, 1.54) is 19.4 Å². The van der Waals surface area contributed by atoms with Crippen molar-refractivity contribution < 1.29 is 9.90 Å². The summed E-state index contributed by atoms with van der Waals surface area (Å²) >= 11 is 3.72. The minimum Gasteiger partial charge on any atom is -0.381 e. The van der Waals surface area contributed by atoms with Gasteiger partial charge in [0.2, 0.25) is 0 Å². The highest BCUT2D eigenvalue weighted by molar-refractivity contribution is 9.09. The van der Waals surface area contributed by atoms with Crippen LogP contribution >= 0.6 is 15.9 Å². The number of nitrogens with zero attached hydrogens (tertiary/aromatic N) is 1. The molecule has 0 aliphatic heterocycles. The SMILES string of the molecule is CN(C)c1ccc2c(c1)C(Br)CCC2NC(=O)C(C)(C)O. The summed E-state index contributed by atoms with van der Waals surface area (Å²) in [6.45, 7) is 3.02. The molecule has 1 aliphatic carbocycles. The summed E-state index contributed by atoms with van der Waals surface area (Å²) in [7, 11) is 4.03. The van der Waals surface area contributed by atoms with E-state index in [2.05, 4.69) is 44.3 Å². The lowest BCUT2D eigenvalue weighted by atomic mass is 9.86. The molecule has 2 unspecified atom stereocenters. The van der Waals surface area contributed by atoms with Gasteiger partial charge >= 0.3 is 0 Å². The third-order valence-electron chi connectivity index (χ3n) is 3.87. The fraction of sp³-hybridized carbons (Fsp3) is 0.562. The number of carbonyl (C=O) groups is 1. The van der Waals surface area contributed by atoms with Crippen molar-refractivity contribution in [1.29, 1.82) is 0 Å². The van der Waals surface area contributed by atoms with E-state index in [1.807, 2.05) is 14.1 Å². The van der Waals surface area contributed by atoms with Crippen molar-refractivity contribution in [3.8, 4) is 0 Å². The molecule has 0 heterocycles. The van der Waals surface area contributed by atoms with Crippen LogP contribution in [0.15, 0.2) is 18.2 Å². The average molecular weight is 355 g/mol. The maximum Gasteiger partial charge on any atom is 0.251 e. The quantitative estimate of drug-likeness (QED) is 0.820. The van der Waals surface area contributed by atoms with Crippen molar-refractivity contribution in [3.05, 3.63) is 29.3 Å². The van der Waals surface area contributed by atoms with E-state index in [9.17, 15) is 9.90 Å². The number of carbonyl (C=O) groups excluding carboxylic acids is 1. The largest absolute Gasteiger partial charge is 0.381 e. The Hall–Kier alpha value is -1.07. The highest BCUT2D eigenvalue weighted by Gasteiger charge is 2.31. The summed E-state index contributed by atoms with van der Waals surface area (Å²) in [5, 5.41) is 12.8. The van der Waals surface area contributed by atoms with Gasteiger partial charge in [0.15, 0.2) is 0 Å². The van der Waals surface area contributed by atoms with Crippen LogP contribution in [0.3, 0.4) is 0 Å². The van der Waals surface area contributed by atoms with Crippen molar-refractivity contribution >= 4 is 27.5 Å². The van der Waals surface area contributed by atoms with E-state index in [-0.39, 0.29) is 11.9 Å². The zero-order valence-electron chi connectivity index (χ0n) is 13.0.